The zero-order chi connectivity index (χ0) is 19.5. The molecule has 0 spiro atoms. The monoisotopic (exact) mass is 398 g/mol. The first-order chi connectivity index (χ1) is 13.6. The Hall–Kier alpha value is -2.08. The SMILES string of the molecule is Cc1ccc2[nH]c(-c3ccc(OCCCN4CCN(C)CC4)c(Cl)c3)nc2c1. The molecular weight excluding hydrogens is 372 g/mol. The second kappa shape index (κ2) is 8.52. The van der Waals surface area contributed by atoms with Crippen molar-refractivity contribution < 1.29 is 4.74 Å². The molecule has 1 N–H and O–H groups in total. The number of nitrogens with zero attached hydrogens (tertiary/aromatic N) is 3. The predicted molar refractivity (Wildman–Crippen MR) is 115 cm³/mol. The van der Waals surface area contributed by atoms with Crippen molar-refractivity contribution in [3.05, 3.63) is 47.0 Å². The van der Waals surface area contributed by atoms with Gasteiger partial charge in [-0.15, -0.1) is 0 Å². The van der Waals surface area contributed by atoms with E-state index in [1.165, 1.54) is 5.56 Å². The second-order valence-corrected chi connectivity index (χ2v) is 8.01. The normalized spacial score (nSPS) is 16.0. The van der Waals surface area contributed by atoms with E-state index < -0.39 is 0 Å². The number of imidazole rings is 1. The van der Waals surface area contributed by atoms with Gasteiger partial charge in [0, 0.05) is 38.3 Å². The molecule has 0 bridgehead atoms. The molecule has 3 aromatic rings. The van der Waals surface area contributed by atoms with Crippen molar-refractivity contribution in [1.82, 2.24) is 19.8 Å². The van der Waals surface area contributed by atoms with Gasteiger partial charge in [0.15, 0.2) is 0 Å². The Bertz CT molecular complexity index is 947. The number of hydrogen-bond donors (Lipinski definition) is 1. The van der Waals surface area contributed by atoms with Crippen LogP contribution in [0.2, 0.25) is 5.02 Å². The van der Waals surface area contributed by atoms with Gasteiger partial charge in [0.05, 0.1) is 22.7 Å². The fraction of sp³-hybridized carbons (Fsp3) is 0.409. The van der Waals surface area contributed by atoms with Crippen LogP contribution in [0.3, 0.4) is 0 Å². The number of benzene rings is 2. The maximum absolute atomic E-state index is 6.46. The third kappa shape index (κ3) is 4.49. The minimum absolute atomic E-state index is 0.619. The maximum atomic E-state index is 6.46. The van der Waals surface area contributed by atoms with E-state index in [4.69, 9.17) is 16.3 Å². The van der Waals surface area contributed by atoms with Gasteiger partial charge in [-0.1, -0.05) is 17.7 Å². The van der Waals surface area contributed by atoms with Crippen molar-refractivity contribution in [2.45, 2.75) is 13.3 Å². The predicted octanol–water partition coefficient (Wildman–Crippen LogP) is 4.21. The summed E-state index contributed by atoms with van der Waals surface area (Å²) in [6.07, 6.45) is 1.00. The zero-order valence-electron chi connectivity index (χ0n) is 16.5. The second-order valence-electron chi connectivity index (χ2n) is 7.60. The summed E-state index contributed by atoms with van der Waals surface area (Å²) in [5, 5.41) is 0.619. The van der Waals surface area contributed by atoms with Crippen LogP contribution in [-0.2, 0) is 0 Å². The summed E-state index contributed by atoms with van der Waals surface area (Å²) in [6, 6.07) is 12.1. The molecule has 0 atom stereocenters. The number of nitrogens with one attached hydrogen (secondary N) is 1. The van der Waals surface area contributed by atoms with Gasteiger partial charge in [-0.05, 0) is 56.3 Å². The van der Waals surface area contributed by atoms with Crippen LogP contribution in [0.5, 0.6) is 5.75 Å². The lowest BCUT2D eigenvalue weighted by Gasteiger charge is -2.32. The average molecular weight is 399 g/mol. The summed E-state index contributed by atoms with van der Waals surface area (Å²) in [5.41, 5.74) is 4.16. The Morgan fingerprint density at radius 2 is 1.93 bits per heavy atom. The van der Waals surface area contributed by atoms with Gasteiger partial charge in [-0.25, -0.2) is 4.98 Å². The van der Waals surface area contributed by atoms with Crippen molar-refractivity contribution in [2.75, 3.05) is 46.4 Å². The summed E-state index contributed by atoms with van der Waals surface area (Å²) < 4.78 is 5.91. The minimum atomic E-state index is 0.619. The van der Waals surface area contributed by atoms with E-state index in [0.717, 1.165) is 67.3 Å². The molecule has 0 amide bonds. The number of likely N-dealkylation sites (N-methyl/N-ethyl adjacent to an activating group) is 1. The van der Waals surface area contributed by atoms with Crippen LogP contribution < -0.4 is 4.74 Å². The number of aromatic nitrogens is 2. The lowest BCUT2D eigenvalue weighted by molar-refractivity contribution is 0.145. The number of aromatic amines is 1. The molecule has 1 fully saturated rings. The summed E-state index contributed by atoms with van der Waals surface area (Å²) in [6.45, 7) is 8.40. The van der Waals surface area contributed by atoms with E-state index in [2.05, 4.69) is 51.9 Å². The summed E-state index contributed by atoms with van der Waals surface area (Å²) >= 11 is 6.46. The van der Waals surface area contributed by atoms with Gasteiger partial charge < -0.3 is 19.5 Å². The highest BCUT2D eigenvalue weighted by atomic mass is 35.5. The zero-order valence-corrected chi connectivity index (χ0v) is 17.3. The smallest absolute Gasteiger partial charge is 0.138 e. The molecule has 1 aliphatic rings. The molecule has 2 aromatic carbocycles. The molecule has 6 heteroatoms. The Kier molecular flexibility index (Phi) is 5.85. The lowest BCUT2D eigenvalue weighted by Crippen LogP contribution is -2.44. The van der Waals surface area contributed by atoms with Gasteiger partial charge in [0.1, 0.15) is 11.6 Å². The molecule has 0 radical (unpaired) electrons. The van der Waals surface area contributed by atoms with Crippen LogP contribution in [0, 0.1) is 6.92 Å². The highest BCUT2D eigenvalue weighted by molar-refractivity contribution is 6.32. The molecule has 0 saturated carbocycles. The van der Waals surface area contributed by atoms with Crippen LogP contribution in [-0.4, -0.2) is 66.1 Å². The van der Waals surface area contributed by atoms with Crippen LogP contribution in [0.4, 0.5) is 0 Å². The number of aryl methyl sites for hydroxylation is 1. The topological polar surface area (TPSA) is 44.4 Å². The molecule has 1 aliphatic heterocycles. The van der Waals surface area contributed by atoms with Crippen molar-refractivity contribution in [2.24, 2.45) is 0 Å². The molecule has 0 aliphatic carbocycles. The fourth-order valence-corrected chi connectivity index (χ4v) is 3.79. The quantitative estimate of drug-likeness (QED) is 0.632. The van der Waals surface area contributed by atoms with E-state index in [1.807, 2.05) is 18.2 Å². The van der Waals surface area contributed by atoms with Gasteiger partial charge in [-0.2, -0.15) is 0 Å². The number of ether oxygens (including phenoxy) is 1. The summed E-state index contributed by atoms with van der Waals surface area (Å²) in [4.78, 5) is 12.9. The van der Waals surface area contributed by atoms with Crippen molar-refractivity contribution in [3.63, 3.8) is 0 Å². The van der Waals surface area contributed by atoms with E-state index >= 15 is 0 Å². The lowest BCUT2D eigenvalue weighted by atomic mass is 10.2. The van der Waals surface area contributed by atoms with E-state index in [1.54, 1.807) is 0 Å². The van der Waals surface area contributed by atoms with Crippen LogP contribution in [0.25, 0.3) is 22.4 Å². The maximum Gasteiger partial charge on any atom is 0.138 e. The molecule has 1 saturated heterocycles. The van der Waals surface area contributed by atoms with Gasteiger partial charge in [-0.3, -0.25) is 0 Å². The first-order valence-corrected chi connectivity index (χ1v) is 10.3. The van der Waals surface area contributed by atoms with Crippen molar-refractivity contribution in [3.8, 4) is 17.1 Å². The van der Waals surface area contributed by atoms with Gasteiger partial charge in [0.2, 0.25) is 0 Å². The number of H-pyrrole nitrogens is 1. The molecule has 5 nitrogen and oxygen atoms in total. The Morgan fingerprint density at radius 3 is 2.71 bits per heavy atom. The van der Waals surface area contributed by atoms with Crippen molar-refractivity contribution in [1.29, 1.82) is 0 Å². The largest absolute Gasteiger partial charge is 0.492 e. The average Bonchev–Trinajstić information content (AvgIpc) is 3.11. The highest BCUT2D eigenvalue weighted by Gasteiger charge is 2.13. The van der Waals surface area contributed by atoms with Crippen LogP contribution >= 0.6 is 11.6 Å². The molecule has 2 heterocycles. The van der Waals surface area contributed by atoms with E-state index in [0.29, 0.717) is 11.6 Å². The highest BCUT2D eigenvalue weighted by Crippen LogP contribution is 2.30. The van der Waals surface area contributed by atoms with Crippen LogP contribution in [0.1, 0.15) is 12.0 Å². The third-order valence-corrected chi connectivity index (χ3v) is 5.61. The van der Waals surface area contributed by atoms with E-state index in [9.17, 15) is 0 Å². The molecule has 1 aromatic heterocycles. The summed E-state index contributed by atoms with van der Waals surface area (Å²) in [5.74, 6) is 1.56. The van der Waals surface area contributed by atoms with Crippen molar-refractivity contribution >= 4 is 22.6 Å². The molecule has 148 valence electrons. The molecule has 0 unspecified atom stereocenters. The molecule has 28 heavy (non-hydrogen) atoms. The Morgan fingerprint density at radius 1 is 1.11 bits per heavy atom. The number of halogens is 1. The van der Waals surface area contributed by atoms with Gasteiger partial charge >= 0.3 is 0 Å². The number of rotatable bonds is 6. The molecular formula is C22H27ClN4O. The first-order valence-electron chi connectivity index (χ1n) is 9.88. The fourth-order valence-electron chi connectivity index (χ4n) is 3.56. The first kappa shape index (κ1) is 19.2. The van der Waals surface area contributed by atoms with E-state index in [-0.39, 0.29) is 0 Å². The Labute approximate surface area is 171 Å². The molecule has 4 rings (SSSR count). The number of fused-ring (bicyclic) bond motifs is 1. The standard InChI is InChI=1S/C22H27ClN4O/c1-16-4-6-19-20(14-16)25-22(24-19)17-5-7-21(18(23)15-17)28-13-3-8-27-11-9-26(2)10-12-27/h4-7,14-15H,3,8-13H2,1-2H3,(H,24,25). The van der Waals surface area contributed by atoms with Crippen LogP contribution in [0.15, 0.2) is 36.4 Å². The van der Waals surface area contributed by atoms with Gasteiger partial charge in [0.25, 0.3) is 0 Å². The minimum Gasteiger partial charge on any atom is -0.492 e. The third-order valence-electron chi connectivity index (χ3n) is 5.32. The Balaban J connectivity index is 1.34. The summed E-state index contributed by atoms with van der Waals surface area (Å²) in [7, 11) is 2.18. The number of hydrogen-bond acceptors (Lipinski definition) is 4. The number of piperazine rings is 1.